The second kappa shape index (κ2) is 9.15. The lowest BCUT2D eigenvalue weighted by Gasteiger charge is -2.13. The van der Waals surface area contributed by atoms with Crippen LogP contribution in [0.15, 0.2) is 18.2 Å². The highest BCUT2D eigenvalue weighted by Gasteiger charge is 2.21. The number of para-hydroxylation sites is 1. The summed E-state index contributed by atoms with van der Waals surface area (Å²) < 4.78 is 10.4. The molecule has 0 aliphatic carbocycles. The lowest BCUT2D eigenvalue weighted by molar-refractivity contribution is -0.385. The molecule has 0 fully saturated rings. The zero-order valence-corrected chi connectivity index (χ0v) is 12.7. The second-order valence-corrected chi connectivity index (χ2v) is 4.75. The molecule has 7 heteroatoms. The third-order valence-corrected chi connectivity index (χ3v) is 2.64. The van der Waals surface area contributed by atoms with E-state index in [0.717, 1.165) is 6.54 Å². The standard InChI is InChI=1S/C14H23N3O4/c1-11(2)21-13-6-4-5-12(14(13)17(18)19)16-8-7-15-9-10-20-3/h4-6,11,15-16H,7-10H2,1-3H3. The quantitative estimate of drug-likeness (QED) is 0.390. The molecule has 0 radical (unpaired) electrons. The number of nitrogens with one attached hydrogen (secondary N) is 2. The van der Waals surface area contributed by atoms with Crippen molar-refractivity contribution in [2.45, 2.75) is 20.0 Å². The van der Waals surface area contributed by atoms with Crippen molar-refractivity contribution in [3.63, 3.8) is 0 Å². The molecule has 0 aromatic heterocycles. The predicted octanol–water partition coefficient (Wildman–Crippen LogP) is 2.03. The fraction of sp³-hybridized carbons (Fsp3) is 0.571. The monoisotopic (exact) mass is 297 g/mol. The molecule has 2 N–H and O–H groups in total. The minimum absolute atomic E-state index is 0.0249. The molecule has 1 rings (SSSR count). The first-order chi connectivity index (χ1) is 10.1. The lowest BCUT2D eigenvalue weighted by Crippen LogP contribution is -2.25. The summed E-state index contributed by atoms with van der Waals surface area (Å²) in [5.74, 6) is 0.285. The molecule has 0 saturated heterocycles. The van der Waals surface area contributed by atoms with Gasteiger partial charge in [-0.25, -0.2) is 0 Å². The van der Waals surface area contributed by atoms with Gasteiger partial charge in [0.2, 0.25) is 0 Å². The molecule has 0 saturated carbocycles. The first kappa shape index (κ1) is 17.2. The minimum Gasteiger partial charge on any atom is -0.484 e. The van der Waals surface area contributed by atoms with Gasteiger partial charge in [-0.1, -0.05) is 6.07 Å². The van der Waals surface area contributed by atoms with Crippen molar-refractivity contribution < 1.29 is 14.4 Å². The first-order valence-electron chi connectivity index (χ1n) is 6.93. The molecule has 0 bridgehead atoms. The van der Waals surface area contributed by atoms with Crippen LogP contribution in [0.25, 0.3) is 0 Å². The molecule has 1 aromatic rings. The van der Waals surface area contributed by atoms with Gasteiger partial charge in [0.05, 0.1) is 17.6 Å². The van der Waals surface area contributed by atoms with Gasteiger partial charge < -0.3 is 20.1 Å². The highest BCUT2D eigenvalue weighted by molar-refractivity contribution is 5.68. The van der Waals surface area contributed by atoms with Crippen LogP contribution in [0.2, 0.25) is 0 Å². The molecule has 0 aliphatic rings. The molecule has 0 unspecified atom stereocenters. The maximum absolute atomic E-state index is 11.3. The van der Waals surface area contributed by atoms with Crippen LogP contribution < -0.4 is 15.4 Å². The smallest absolute Gasteiger partial charge is 0.333 e. The van der Waals surface area contributed by atoms with E-state index in [9.17, 15) is 10.1 Å². The van der Waals surface area contributed by atoms with E-state index in [4.69, 9.17) is 9.47 Å². The first-order valence-corrected chi connectivity index (χ1v) is 6.93. The van der Waals surface area contributed by atoms with E-state index in [-0.39, 0.29) is 17.5 Å². The normalized spacial score (nSPS) is 10.7. The van der Waals surface area contributed by atoms with E-state index in [2.05, 4.69) is 10.6 Å². The van der Waals surface area contributed by atoms with Gasteiger partial charge in [-0.3, -0.25) is 10.1 Å². The Bertz CT molecular complexity index is 452. The number of nitrogens with zero attached hydrogens (tertiary/aromatic N) is 1. The van der Waals surface area contributed by atoms with E-state index in [1.165, 1.54) is 0 Å². The summed E-state index contributed by atoms with van der Waals surface area (Å²) in [6.07, 6.45) is -0.116. The van der Waals surface area contributed by atoms with Gasteiger partial charge in [0, 0.05) is 26.7 Å². The minimum atomic E-state index is -0.418. The zero-order valence-electron chi connectivity index (χ0n) is 12.7. The van der Waals surface area contributed by atoms with Gasteiger partial charge in [0.25, 0.3) is 0 Å². The molecule has 0 spiro atoms. The average molecular weight is 297 g/mol. The SMILES string of the molecule is COCCNCCNc1cccc(OC(C)C)c1[N+](=O)[O-]. The number of hydrogen-bond donors (Lipinski definition) is 2. The summed E-state index contributed by atoms with van der Waals surface area (Å²) in [6, 6.07) is 5.03. The van der Waals surface area contributed by atoms with E-state index in [0.29, 0.717) is 25.4 Å². The van der Waals surface area contributed by atoms with Crippen LogP contribution in [0.4, 0.5) is 11.4 Å². The summed E-state index contributed by atoms with van der Waals surface area (Å²) in [7, 11) is 1.64. The average Bonchev–Trinajstić information content (AvgIpc) is 2.41. The molecular weight excluding hydrogens is 274 g/mol. The van der Waals surface area contributed by atoms with Gasteiger partial charge >= 0.3 is 5.69 Å². The lowest BCUT2D eigenvalue weighted by atomic mass is 10.2. The van der Waals surface area contributed by atoms with Gasteiger partial charge in [-0.05, 0) is 26.0 Å². The fourth-order valence-electron chi connectivity index (χ4n) is 1.79. The van der Waals surface area contributed by atoms with Gasteiger partial charge in [0.15, 0.2) is 5.75 Å². The molecule has 1 aromatic carbocycles. The van der Waals surface area contributed by atoms with Gasteiger partial charge in [0.1, 0.15) is 5.69 Å². The maximum Gasteiger partial charge on any atom is 0.333 e. The van der Waals surface area contributed by atoms with Crippen molar-refractivity contribution in [2.75, 3.05) is 38.7 Å². The highest BCUT2D eigenvalue weighted by atomic mass is 16.6. The second-order valence-electron chi connectivity index (χ2n) is 4.75. The fourth-order valence-corrected chi connectivity index (χ4v) is 1.79. The number of anilines is 1. The van der Waals surface area contributed by atoms with Crippen LogP contribution in [-0.2, 0) is 4.74 Å². The molecule has 0 heterocycles. The predicted molar refractivity (Wildman–Crippen MR) is 82.1 cm³/mol. The summed E-state index contributed by atoms with van der Waals surface area (Å²) >= 11 is 0. The van der Waals surface area contributed by atoms with E-state index in [1.54, 1.807) is 25.3 Å². The molecule has 0 amide bonds. The van der Waals surface area contributed by atoms with Gasteiger partial charge in [-0.2, -0.15) is 0 Å². The molecule has 7 nitrogen and oxygen atoms in total. The largest absolute Gasteiger partial charge is 0.484 e. The Labute approximate surface area is 124 Å². The highest BCUT2D eigenvalue weighted by Crippen LogP contribution is 2.35. The number of rotatable bonds is 10. The molecule has 21 heavy (non-hydrogen) atoms. The van der Waals surface area contributed by atoms with Crippen LogP contribution in [0.1, 0.15) is 13.8 Å². The number of nitro benzene ring substituents is 1. The third kappa shape index (κ3) is 5.97. The third-order valence-electron chi connectivity index (χ3n) is 2.64. The molecule has 0 atom stereocenters. The van der Waals surface area contributed by atoms with E-state index >= 15 is 0 Å². The Kier molecular flexibility index (Phi) is 7.49. The van der Waals surface area contributed by atoms with Gasteiger partial charge in [-0.15, -0.1) is 0 Å². The summed E-state index contributed by atoms with van der Waals surface area (Å²) in [6.45, 7) is 6.33. The van der Waals surface area contributed by atoms with Crippen LogP contribution in [0, 0.1) is 10.1 Å². The van der Waals surface area contributed by atoms with Crippen molar-refractivity contribution in [1.29, 1.82) is 0 Å². The number of ether oxygens (including phenoxy) is 2. The van der Waals surface area contributed by atoms with Crippen molar-refractivity contribution in [3.8, 4) is 5.75 Å². The van der Waals surface area contributed by atoms with E-state index in [1.807, 2.05) is 13.8 Å². The number of hydrogen-bond acceptors (Lipinski definition) is 6. The summed E-state index contributed by atoms with van der Waals surface area (Å²) in [5, 5.41) is 17.5. The number of nitro groups is 1. The van der Waals surface area contributed by atoms with E-state index < -0.39 is 4.92 Å². The maximum atomic E-state index is 11.3. The Morgan fingerprint density at radius 2 is 2.05 bits per heavy atom. The van der Waals surface area contributed by atoms with Crippen molar-refractivity contribution in [1.82, 2.24) is 5.32 Å². The Morgan fingerprint density at radius 3 is 2.67 bits per heavy atom. The Morgan fingerprint density at radius 1 is 1.29 bits per heavy atom. The molecule has 118 valence electrons. The van der Waals surface area contributed by atoms with Crippen molar-refractivity contribution >= 4 is 11.4 Å². The van der Waals surface area contributed by atoms with Crippen LogP contribution in [0.5, 0.6) is 5.75 Å². The van der Waals surface area contributed by atoms with Crippen molar-refractivity contribution in [2.24, 2.45) is 0 Å². The Hall–Kier alpha value is -1.86. The van der Waals surface area contributed by atoms with Crippen LogP contribution >= 0.6 is 0 Å². The summed E-state index contributed by atoms with van der Waals surface area (Å²) in [5.41, 5.74) is 0.440. The summed E-state index contributed by atoms with van der Waals surface area (Å²) in [4.78, 5) is 10.8. The van der Waals surface area contributed by atoms with Crippen molar-refractivity contribution in [3.05, 3.63) is 28.3 Å². The molecular formula is C14H23N3O4. The molecule has 0 aliphatic heterocycles. The number of methoxy groups -OCH3 is 1. The van der Waals surface area contributed by atoms with Crippen LogP contribution in [-0.4, -0.2) is 44.4 Å². The Balaban J connectivity index is 2.66. The number of benzene rings is 1. The zero-order chi connectivity index (χ0) is 15.7. The topological polar surface area (TPSA) is 85.7 Å². The van der Waals surface area contributed by atoms with Crippen LogP contribution in [0.3, 0.4) is 0 Å².